The van der Waals surface area contributed by atoms with E-state index in [2.05, 4.69) is 19.2 Å². The standard InChI is InChI=1S/C10H18N2O/c1-3-5-8-11-10(6-7-10)9(13)12(8)4-2/h8,11H,3-7H2,1-2H3. The SMILES string of the molecule is CCCC1NC2(CC2)C(=O)N1CC. The molecule has 0 aromatic carbocycles. The minimum absolute atomic E-state index is 0.115. The summed E-state index contributed by atoms with van der Waals surface area (Å²) >= 11 is 0. The van der Waals surface area contributed by atoms with Crippen molar-refractivity contribution in [2.24, 2.45) is 0 Å². The lowest BCUT2D eigenvalue weighted by Crippen LogP contribution is -2.37. The average molecular weight is 182 g/mol. The van der Waals surface area contributed by atoms with Crippen LogP contribution in [0.5, 0.6) is 0 Å². The Morgan fingerprint density at radius 1 is 1.54 bits per heavy atom. The second-order valence-corrected chi connectivity index (χ2v) is 4.12. The molecular formula is C10H18N2O. The molecular weight excluding hydrogens is 164 g/mol. The molecule has 1 atom stereocenters. The maximum atomic E-state index is 11.9. The highest BCUT2D eigenvalue weighted by Gasteiger charge is 2.58. The number of rotatable bonds is 3. The molecule has 1 aliphatic carbocycles. The van der Waals surface area contributed by atoms with Crippen molar-refractivity contribution in [1.29, 1.82) is 0 Å². The van der Waals surface area contributed by atoms with E-state index in [9.17, 15) is 4.79 Å². The number of amides is 1. The Labute approximate surface area is 79.5 Å². The van der Waals surface area contributed by atoms with E-state index in [1.165, 1.54) is 0 Å². The van der Waals surface area contributed by atoms with E-state index in [1.54, 1.807) is 0 Å². The van der Waals surface area contributed by atoms with Crippen molar-refractivity contribution in [1.82, 2.24) is 10.2 Å². The lowest BCUT2D eigenvalue weighted by Gasteiger charge is -2.21. The average Bonchev–Trinajstić information content (AvgIpc) is 2.81. The van der Waals surface area contributed by atoms with Crippen LogP contribution in [0.1, 0.15) is 39.5 Å². The third-order valence-electron chi connectivity index (χ3n) is 3.14. The van der Waals surface area contributed by atoms with Crippen LogP contribution in [-0.2, 0) is 4.79 Å². The summed E-state index contributed by atoms with van der Waals surface area (Å²) in [6.07, 6.45) is 4.62. The smallest absolute Gasteiger partial charge is 0.244 e. The molecule has 1 saturated heterocycles. The number of nitrogens with zero attached hydrogens (tertiary/aromatic N) is 1. The molecule has 0 bridgehead atoms. The summed E-state index contributed by atoms with van der Waals surface area (Å²) in [6, 6.07) is 0. The van der Waals surface area contributed by atoms with Gasteiger partial charge in [0.05, 0.1) is 11.7 Å². The largest absolute Gasteiger partial charge is 0.326 e. The molecule has 1 unspecified atom stereocenters. The number of carbonyl (C=O) groups is 1. The van der Waals surface area contributed by atoms with Gasteiger partial charge in [-0.25, -0.2) is 0 Å². The van der Waals surface area contributed by atoms with Crippen molar-refractivity contribution in [2.45, 2.75) is 51.2 Å². The van der Waals surface area contributed by atoms with Crippen LogP contribution in [-0.4, -0.2) is 29.1 Å². The van der Waals surface area contributed by atoms with E-state index in [-0.39, 0.29) is 5.54 Å². The number of hydrogen-bond acceptors (Lipinski definition) is 2. The topological polar surface area (TPSA) is 32.3 Å². The molecule has 1 saturated carbocycles. The minimum atomic E-state index is -0.115. The van der Waals surface area contributed by atoms with Crippen LogP contribution in [0.2, 0.25) is 0 Å². The predicted octanol–water partition coefficient (Wildman–Crippen LogP) is 1.10. The normalized spacial score (nSPS) is 30.2. The first-order valence-corrected chi connectivity index (χ1v) is 5.32. The molecule has 3 heteroatoms. The Morgan fingerprint density at radius 3 is 2.69 bits per heavy atom. The molecule has 0 aromatic heterocycles. The van der Waals surface area contributed by atoms with Crippen LogP contribution in [0.4, 0.5) is 0 Å². The summed E-state index contributed by atoms with van der Waals surface area (Å²) in [5.74, 6) is 0.341. The lowest BCUT2D eigenvalue weighted by atomic mass is 10.2. The summed E-state index contributed by atoms with van der Waals surface area (Å²) in [4.78, 5) is 13.9. The Morgan fingerprint density at radius 2 is 2.23 bits per heavy atom. The van der Waals surface area contributed by atoms with Gasteiger partial charge in [-0.3, -0.25) is 10.1 Å². The maximum Gasteiger partial charge on any atom is 0.244 e. The van der Waals surface area contributed by atoms with Gasteiger partial charge in [0.1, 0.15) is 0 Å². The highest BCUT2D eigenvalue weighted by Crippen LogP contribution is 2.42. The van der Waals surface area contributed by atoms with Gasteiger partial charge in [0.2, 0.25) is 5.91 Å². The van der Waals surface area contributed by atoms with Gasteiger partial charge in [0, 0.05) is 6.54 Å². The molecule has 3 nitrogen and oxygen atoms in total. The van der Waals surface area contributed by atoms with Gasteiger partial charge in [0.15, 0.2) is 0 Å². The summed E-state index contributed by atoms with van der Waals surface area (Å²) in [7, 11) is 0. The monoisotopic (exact) mass is 182 g/mol. The van der Waals surface area contributed by atoms with Crippen LogP contribution in [0, 0.1) is 0 Å². The summed E-state index contributed by atoms with van der Waals surface area (Å²) < 4.78 is 0. The van der Waals surface area contributed by atoms with Gasteiger partial charge in [0.25, 0.3) is 0 Å². The number of likely N-dealkylation sites (N-methyl/N-ethyl adjacent to an activating group) is 1. The van der Waals surface area contributed by atoms with E-state index in [0.29, 0.717) is 12.1 Å². The van der Waals surface area contributed by atoms with Gasteiger partial charge in [-0.15, -0.1) is 0 Å². The van der Waals surface area contributed by atoms with Crippen molar-refractivity contribution in [2.75, 3.05) is 6.54 Å². The number of hydrogen-bond donors (Lipinski definition) is 1. The number of nitrogens with one attached hydrogen (secondary N) is 1. The van der Waals surface area contributed by atoms with Crippen LogP contribution in [0.25, 0.3) is 0 Å². The van der Waals surface area contributed by atoms with Crippen LogP contribution < -0.4 is 5.32 Å². The first-order chi connectivity index (χ1) is 6.23. The Bertz CT molecular complexity index is 223. The summed E-state index contributed by atoms with van der Waals surface area (Å²) in [5.41, 5.74) is -0.115. The fourth-order valence-corrected chi connectivity index (χ4v) is 2.22. The second-order valence-electron chi connectivity index (χ2n) is 4.12. The molecule has 0 radical (unpaired) electrons. The highest BCUT2D eigenvalue weighted by molar-refractivity contribution is 5.91. The Kier molecular flexibility index (Phi) is 2.06. The molecule has 2 aliphatic rings. The maximum absolute atomic E-state index is 11.9. The molecule has 13 heavy (non-hydrogen) atoms. The molecule has 74 valence electrons. The van der Waals surface area contributed by atoms with E-state index in [4.69, 9.17) is 0 Å². The molecule has 1 aliphatic heterocycles. The Balaban J connectivity index is 2.08. The van der Waals surface area contributed by atoms with E-state index in [0.717, 1.165) is 32.2 Å². The van der Waals surface area contributed by atoms with Gasteiger partial charge in [-0.1, -0.05) is 13.3 Å². The highest BCUT2D eigenvalue weighted by atomic mass is 16.2. The van der Waals surface area contributed by atoms with Crippen molar-refractivity contribution < 1.29 is 4.79 Å². The van der Waals surface area contributed by atoms with Crippen LogP contribution in [0.15, 0.2) is 0 Å². The fourth-order valence-electron chi connectivity index (χ4n) is 2.22. The van der Waals surface area contributed by atoms with E-state index in [1.807, 2.05) is 4.90 Å². The van der Waals surface area contributed by atoms with Crippen molar-refractivity contribution in [3.05, 3.63) is 0 Å². The first-order valence-electron chi connectivity index (χ1n) is 5.32. The molecule has 1 heterocycles. The molecule has 2 fully saturated rings. The summed E-state index contributed by atoms with van der Waals surface area (Å²) in [6.45, 7) is 5.07. The van der Waals surface area contributed by atoms with Gasteiger partial charge < -0.3 is 4.90 Å². The molecule has 1 N–H and O–H groups in total. The lowest BCUT2D eigenvalue weighted by molar-refractivity contribution is -0.130. The molecule has 1 amide bonds. The van der Waals surface area contributed by atoms with Crippen LogP contribution >= 0.6 is 0 Å². The fraction of sp³-hybridized carbons (Fsp3) is 0.900. The van der Waals surface area contributed by atoms with Crippen molar-refractivity contribution in [3.8, 4) is 0 Å². The zero-order chi connectivity index (χ0) is 9.47. The van der Waals surface area contributed by atoms with E-state index < -0.39 is 0 Å². The van der Waals surface area contributed by atoms with Gasteiger partial charge >= 0.3 is 0 Å². The minimum Gasteiger partial charge on any atom is -0.326 e. The molecule has 2 rings (SSSR count). The van der Waals surface area contributed by atoms with E-state index >= 15 is 0 Å². The second kappa shape index (κ2) is 2.98. The third-order valence-corrected chi connectivity index (χ3v) is 3.14. The zero-order valence-electron chi connectivity index (χ0n) is 8.47. The quantitative estimate of drug-likeness (QED) is 0.708. The predicted molar refractivity (Wildman–Crippen MR) is 51.2 cm³/mol. The third kappa shape index (κ3) is 1.26. The zero-order valence-corrected chi connectivity index (χ0v) is 8.47. The first kappa shape index (κ1) is 9.00. The Hall–Kier alpha value is -0.570. The van der Waals surface area contributed by atoms with Gasteiger partial charge in [-0.2, -0.15) is 0 Å². The summed E-state index contributed by atoms with van der Waals surface area (Å²) in [5, 5.41) is 3.47. The van der Waals surface area contributed by atoms with Crippen molar-refractivity contribution in [3.63, 3.8) is 0 Å². The molecule has 0 aromatic rings. The molecule has 1 spiro atoms. The van der Waals surface area contributed by atoms with Gasteiger partial charge in [-0.05, 0) is 26.2 Å². The number of carbonyl (C=O) groups excluding carboxylic acids is 1. The van der Waals surface area contributed by atoms with Crippen molar-refractivity contribution >= 4 is 5.91 Å². The van der Waals surface area contributed by atoms with Crippen LogP contribution in [0.3, 0.4) is 0 Å².